The summed E-state index contributed by atoms with van der Waals surface area (Å²) in [7, 11) is 0. The van der Waals surface area contributed by atoms with Crippen LogP contribution in [0.25, 0.3) is 0 Å². The summed E-state index contributed by atoms with van der Waals surface area (Å²) in [6.45, 7) is 1.51. The van der Waals surface area contributed by atoms with Gasteiger partial charge in [0.25, 0.3) is 0 Å². The molecule has 1 aliphatic heterocycles. The Labute approximate surface area is 177 Å². The van der Waals surface area contributed by atoms with Crippen LogP contribution in [0.1, 0.15) is 25.7 Å². The summed E-state index contributed by atoms with van der Waals surface area (Å²) in [5, 5.41) is 6.22. The number of halogens is 2. The summed E-state index contributed by atoms with van der Waals surface area (Å²) in [6, 6.07) is 5.04. The quantitative estimate of drug-likeness (QED) is 0.642. The zero-order valence-electron chi connectivity index (χ0n) is 15.2. The van der Waals surface area contributed by atoms with Crippen molar-refractivity contribution >= 4 is 51.5 Å². The number of anilines is 1. The SMILES string of the molecule is O=C(Nc1nccs1)C1CCCN(C(=O)CCCOc2ccc(Cl)cc2Cl)C1. The van der Waals surface area contributed by atoms with Crippen molar-refractivity contribution in [2.75, 3.05) is 25.0 Å². The fourth-order valence-electron chi connectivity index (χ4n) is 3.07. The zero-order chi connectivity index (χ0) is 19.9. The van der Waals surface area contributed by atoms with Gasteiger partial charge in [-0.05, 0) is 37.5 Å². The lowest BCUT2D eigenvalue weighted by atomic mass is 9.97. The average Bonchev–Trinajstić information content (AvgIpc) is 3.19. The zero-order valence-corrected chi connectivity index (χ0v) is 17.5. The Morgan fingerprint density at radius 1 is 1.36 bits per heavy atom. The minimum atomic E-state index is -0.203. The predicted octanol–water partition coefficient (Wildman–Crippen LogP) is 4.49. The lowest BCUT2D eigenvalue weighted by Gasteiger charge is -2.32. The van der Waals surface area contributed by atoms with E-state index < -0.39 is 0 Å². The molecule has 150 valence electrons. The van der Waals surface area contributed by atoms with Crippen molar-refractivity contribution in [1.29, 1.82) is 0 Å². The van der Waals surface area contributed by atoms with Gasteiger partial charge in [-0.2, -0.15) is 0 Å². The minimum absolute atomic E-state index is 0.0394. The largest absolute Gasteiger partial charge is 0.492 e. The summed E-state index contributed by atoms with van der Waals surface area (Å²) in [4.78, 5) is 30.7. The van der Waals surface area contributed by atoms with Crippen molar-refractivity contribution in [3.05, 3.63) is 39.8 Å². The number of piperidine rings is 1. The highest BCUT2D eigenvalue weighted by Gasteiger charge is 2.28. The van der Waals surface area contributed by atoms with Crippen LogP contribution in [0.15, 0.2) is 29.8 Å². The molecule has 0 spiro atoms. The number of rotatable bonds is 7. The Morgan fingerprint density at radius 2 is 2.21 bits per heavy atom. The Balaban J connectivity index is 1.41. The van der Waals surface area contributed by atoms with Gasteiger partial charge in [0.05, 0.1) is 17.5 Å². The lowest BCUT2D eigenvalue weighted by molar-refractivity contribution is -0.134. The topological polar surface area (TPSA) is 71.5 Å². The van der Waals surface area contributed by atoms with E-state index in [2.05, 4.69) is 10.3 Å². The van der Waals surface area contributed by atoms with Gasteiger partial charge in [-0.15, -0.1) is 11.3 Å². The van der Waals surface area contributed by atoms with Crippen molar-refractivity contribution < 1.29 is 14.3 Å². The average molecular weight is 442 g/mol. The van der Waals surface area contributed by atoms with Crippen LogP contribution in [0.3, 0.4) is 0 Å². The van der Waals surface area contributed by atoms with Crippen LogP contribution < -0.4 is 10.1 Å². The van der Waals surface area contributed by atoms with Crippen LogP contribution in [-0.2, 0) is 9.59 Å². The Bertz CT molecular complexity index is 817. The number of thiazole rings is 1. The highest BCUT2D eigenvalue weighted by molar-refractivity contribution is 7.13. The first-order valence-electron chi connectivity index (χ1n) is 9.09. The molecule has 3 rings (SSSR count). The minimum Gasteiger partial charge on any atom is -0.492 e. The third kappa shape index (κ3) is 5.83. The fourth-order valence-corrected chi connectivity index (χ4v) is 4.06. The molecule has 2 heterocycles. The van der Waals surface area contributed by atoms with E-state index >= 15 is 0 Å². The number of hydrogen-bond donors (Lipinski definition) is 1. The smallest absolute Gasteiger partial charge is 0.231 e. The van der Waals surface area contributed by atoms with Crippen molar-refractivity contribution in [2.24, 2.45) is 5.92 Å². The number of carbonyl (C=O) groups is 2. The number of amides is 2. The lowest BCUT2D eigenvalue weighted by Crippen LogP contribution is -2.43. The number of benzene rings is 1. The molecule has 28 heavy (non-hydrogen) atoms. The molecular weight excluding hydrogens is 421 g/mol. The molecule has 0 bridgehead atoms. The molecule has 6 nitrogen and oxygen atoms in total. The van der Waals surface area contributed by atoms with Crippen molar-refractivity contribution in [3.63, 3.8) is 0 Å². The molecule has 1 fully saturated rings. The molecule has 9 heteroatoms. The standard InChI is InChI=1S/C19H21Cl2N3O3S/c20-14-5-6-16(15(21)11-14)27-9-2-4-17(25)24-8-1-3-13(12-24)18(26)23-19-22-7-10-28-19/h5-7,10-11,13H,1-4,8-9,12H2,(H,22,23,26). The third-order valence-corrected chi connectivity index (χ3v) is 5.71. The van der Waals surface area contributed by atoms with Gasteiger partial charge in [-0.3, -0.25) is 9.59 Å². The Hall–Kier alpha value is -1.83. The van der Waals surface area contributed by atoms with Crippen LogP contribution in [0.2, 0.25) is 10.0 Å². The van der Waals surface area contributed by atoms with E-state index in [1.54, 1.807) is 29.3 Å². The van der Waals surface area contributed by atoms with Gasteiger partial charge in [0, 0.05) is 36.1 Å². The number of nitrogens with zero attached hydrogens (tertiary/aromatic N) is 2. The molecular formula is C19H21Cl2N3O3S. The van der Waals surface area contributed by atoms with E-state index in [0.29, 0.717) is 53.5 Å². The van der Waals surface area contributed by atoms with Gasteiger partial charge < -0.3 is 15.0 Å². The molecule has 0 saturated carbocycles. The maximum Gasteiger partial charge on any atom is 0.231 e. The van der Waals surface area contributed by atoms with Crippen molar-refractivity contribution in [1.82, 2.24) is 9.88 Å². The maximum atomic E-state index is 12.5. The number of ether oxygens (including phenoxy) is 1. The summed E-state index contributed by atoms with van der Waals surface area (Å²) in [6.07, 6.45) is 4.18. The molecule has 0 radical (unpaired) electrons. The van der Waals surface area contributed by atoms with Gasteiger partial charge >= 0.3 is 0 Å². The summed E-state index contributed by atoms with van der Waals surface area (Å²) in [5.41, 5.74) is 0. The van der Waals surface area contributed by atoms with Crippen LogP contribution in [0.5, 0.6) is 5.75 Å². The summed E-state index contributed by atoms with van der Waals surface area (Å²) in [5.74, 6) is 0.312. The molecule has 2 amide bonds. The van der Waals surface area contributed by atoms with E-state index in [9.17, 15) is 9.59 Å². The van der Waals surface area contributed by atoms with E-state index in [1.165, 1.54) is 11.3 Å². The fraction of sp³-hybridized carbons (Fsp3) is 0.421. The predicted molar refractivity (Wildman–Crippen MR) is 111 cm³/mol. The van der Waals surface area contributed by atoms with Gasteiger partial charge in [0.2, 0.25) is 11.8 Å². The van der Waals surface area contributed by atoms with Crippen LogP contribution in [0, 0.1) is 5.92 Å². The molecule has 1 aromatic heterocycles. The third-order valence-electron chi connectivity index (χ3n) is 4.49. The van der Waals surface area contributed by atoms with E-state index in [1.807, 2.05) is 5.38 Å². The van der Waals surface area contributed by atoms with Crippen LogP contribution >= 0.6 is 34.5 Å². The summed E-state index contributed by atoms with van der Waals surface area (Å²) < 4.78 is 5.62. The van der Waals surface area contributed by atoms with E-state index in [-0.39, 0.29) is 17.7 Å². The van der Waals surface area contributed by atoms with E-state index in [0.717, 1.165) is 12.8 Å². The van der Waals surface area contributed by atoms with Crippen molar-refractivity contribution in [3.8, 4) is 5.75 Å². The molecule has 2 aromatic rings. The molecule has 1 aliphatic rings. The van der Waals surface area contributed by atoms with Crippen molar-refractivity contribution in [2.45, 2.75) is 25.7 Å². The number of carbonyl (C=O) groups excluding carboxylic acids is 2. The Morgan fingerprint density at radius 3 is 2.96 bits per heavy atom. The number of nitrogens with one attached hydrogen (secondary N) is 1. The van der Waals surface area contributed by atoms with Gasteiger partial charge in [0.1, 0.15) is 5.75 Å². The molecule has 1 unspecified atom stereocenters. The highest BCUT2D eigenvalue weighted by atomic mass is 35.5. The maximum absolute atomic E-state index is 12.5. The number of likely N-dealkylation sites (tertiary alicyclic amines) is 1. The van der Waals surface area contributed by atoms with Gasteiger partial charge in [0.15, 0.2) is 5.13 Å². The second-order valence-corrected chi connectivity index (χ2v) is 8.27. The second-order valence-electron chi connectivity index (χ2n) is 6.53. The van der Waals surface area contributed by atoms with E-state index in [4.69, 9.17) is 27.9 Å². The first-order chi connectivity index (χ1) is 13.5. The van der Waals surface area contributed by atoms with Gasteiger partial charge in [-0.1, -0.05) is 23.2 Å². The Kier molecular flexibility index (Phi) is 7.53. The number of hydrogen-bond acceptors (Lipinski definition) is 5. The molecule has 0 aliphatic carbocycles. The van der Waals surface area contributed by atoms with Crippen LogP contribution in [-0.4, -0.2) is 41.4 Å². The van der Waals surface area contributed by atoms with Gasteiger partial charge in [-0.25, -0.2) is 4.98 Å². The monoisotopic (exact) mass is 441 g/mol. The molecule has 1 N–H and O–H groups in total. The first-order valence-corrected chi connectivity index (χ1v) is 10.7. The second kappa shape index (κ2) is 10.1. The highest BCUT2D eigenvalue weighted by Crippen LogP contribution is 2.27. The van der Waals surface area contributed by atoms with Crippen LogP contribution in [0.4, 0.5) is 5.13 Å². The molecule has 1 saturated heterocycles. The molecule has 1 atom stereocenters. The molecule has 1 aromatic carbocycles. The first kappa shape index (κ1) is 20.9. The normalized spacial score (nSPS) is 16.6. The summed E-state index contributed by atoms with van der Waals surface area (Å²) >= 11 is 13.3. The number of aromatic nitrogens is 1.